The van der Waals surface area contributed by atoms with Gasteiger partial charge in [-0.05, 0) is 26.8 Å². The molecule has 1 aromatic rings. The van der Waals surface area contributed by atoms with Crippen LogP contribution in [0.4, 0.5) is 0 Å². The van der Waals surface area contributed by atoms with Crippen molar-refractivity contribution >= 4 is 29.0 Å². The van der Waals surface area contributed by atoms with Crippen LogP contribution in [0.1, 0.15) is 46.3 Å². The molecule has 0 aromatic carbocycles. The van der Waals surface area contributed by atoms with Crippen LogP contribution in [0.2, 0.25) is 0 Å². The summed E-state index contributed by atoms with van der Waals surface area (Å²) >= 11 is 1.58. The minimum Gasteiger partial charge on any atom is -0.469 e. The van der Waals surface area contributed by atoms with Gasteiger partial charge in [-0.25, -0.2) is 0 Å². The first kappa shape index (κ1) is 17.4. The van der Waals surface area contributed by atoms with Crippen LogP contribution < -0.4 is 5.32 Å². The van der Waals surface area contributed by atoms with Gasteiger partial charge < -0.3 is 10.1 Å². The van der Waals surface area contributed by atoms with Crippen LogP contribution in [0.5, 0.6) is 0 Å². The number of esters is 1. The summed E-state index contributed by atoms with van der Waals surface area (Å²) in [5, 5.41) is 2.68. The van der Waals surface area contributed by atoms with Crippen molar-refractivity contribution in [3.8, 4) is 0 Å². The predicted octanol–water partition coefficient (Wildman–Crippen LogP) is 2.40. The van der Waals surface area contributed by atoms with Gasteiger partial charge in [0.2, 0.25) is 5.91 Å². The number of carbonyl (C=O) groups excluding carboxylic acids is 3. The zero-order valence-electron chi connectivity index (χ0n) is 12.8. The predicted molar refractivity (Wildman–Crippen MR) is 81.6 cm³/mol. The van der Waals surface area contributed by atoms with Gasteiger partial charge in [-0.1, -0.05) is 0 Å². The molecule has 1 heterocycles. The number of ketones is 1. The van der Waals surface area contributed by atoms with E-state index >= 15 is 0 Å². The molecule has 0 fully saturated rings. The van der Waals surface area contributed by atoms with Crippen molar-refractivity contribution in [2.75, 3.05) is 7.11 Å². The lowest BCUT2D eigenvalue weighted by Crippen LogP contribution is -2.34. The van der Waals surface area contributed by atoms with Gasteiger partial charge in [-0.3, -0.25) is 14.4 Å². The summed E-state index contributed by atoms with van der Waals surface area (Å²) in [7, 11) is 1.31. The second-order valence-electron chi connectivity index (χ2n) is 5.00. The Bertz CT molecular complexity index is 536. The molecule has 1 rings (SSSR count). The van der Waals surface area contributed by atoms with Crippen molar-refractivity contribution < 1.29 is 19.1 Å². The van der Waals surface area contributed by atoms with Gasteiger partial charge in [0, 0.05) is 34.2 Å². The number of hydrogen-bond donors (Lipinski definition) is 1. The molecule has 5 nitrogen and oxygen atoms in total. The normalized spacial score (nSPS) is 11.8. The SMILES string of the molecule is COC(=O)C[C@H](C)NC(=O)CCC(=O)c1cc(C)sc1C. The van der Waals surface area contributed by atoms with Gasteiger partial charge in [0.1, 0.15) is 0 Å². The number of amides is 1. The number of nitrogens with one attached hydrogen (secondary N) is 1. The molecule has 0 saturated heterocycles. The van der Waals surface area contributed by atoms with E-state index in [0.29, 0.717) is 5.56 Å². The summed E-state index contributed by atoms with van der Waals surface area (Å²) < 4.78 is 4.53. The van der Waals surface area contributed by atoms with Crippen LogP contribution in [0.15, 0.2) is 6.07 Å². The second kappa shape index (κ2) is 7.93. The van der Waals surface area contributed by atoms with Crippen molar-refractivity contribution in [2.24, 2.45) is 0 Å². The Labute approximate surface area is 128 Å². The number of hydrogen-bond acceptors (Lipinski definition) is 5. The van der Waals surface area contributed by atoms with Gasteiger partial charge in [0.25, 0.3) is 0 Å². The largest absolute Gasteiger partial charge is 0.469 e. The third kappa shape index (κ3) is 5.67. The molecule has 116 valence electrons. The zero-order valence-corrected chi connectivity index (χ0v) is 13.6. The van der Waals surface area contributed by atoms with Crippen LogP contribution in [0, 0.1) is 13.8 Å². The lowest BCUT2D eigenvalue weighted by molar-refractivity contribution is -0.141. The first-order chi connectivity index (χ1) is 9.83. The molecule has 21 heavy (non-hydrogen) atoms. The maximum absolute atomic E-state index is 12.0. The van der Waals surface area contributed by atoms with Gasteiger partial charge in [0.15, 0.2) is 5.78 Å². The second-order valence-corrected chi connectivity index (χ2v) is 6.46. The molecular weight excluding hydrogens is 290 g/mol. The Balaban J connectivity index is 2.41. The third-order valence-corrected chi connectivity index (χ3v) is 3.99. The van der Waals surface area contributed by atoms with Crippen molar-refractivity contribution in [2.45, 2.75) is 46.1 Å². The fourth-order valence-corrected chi connectivity index (χ4v) is 2.94. The fourth-order valence-electron chi connectivity index (χ4n) is 2.00. The highest BCUT2D eigenvalue weighted by molar-refractivity contribution is 7.12. The van der Waals surface area contributed by atoms with Crippen molar-refractivity contribution in [1.82, 2.24) is 5.32 Å². The third-order valence-electron chi connectivity index (χ3n) is 3.03. The number of rotatable bonds is 7. The number of thiophene rings is 1. The van der Waals surface area contributed by atoms with Gasteiger partial charge in [-0.2, -0.15) is 0 Å². The van der Waals surface area contributed by atoms with E-state index in [1.165, 1.54) is 7.11 Å². The Hall–Kier alpha value is -1.69. The van der Waals surface area contributed by atoms with Gasteiger partial charge in [0.05, 0.1) is 13.5 Å². The molecule has 0 aliphatic carbocycles. The summed E-state index contributed by atoms with van der Waals surface area (Å²) in [6.45, 7) is 5.59. The van der Waals surface area contributed by atoms with Crippen molar-refractivity contribution in [3.05, 3.63) is 21.4 Å². The van der Waals surface area contributed by atoms with E-state index in [4.69, 9.17) is 0 Å². The Kier molecular flexibility index (Phi) is 6.55. The number of aryl methyl sites for hydroxylation is 2. The Morgan fingerprint density at radius 2 is 1.95 bits per heavy atom. The van der Waals surface area contributed by atoms with E-state index in [-0.39, 0.29) is 43.0 Å². The minimum absolute atomic E-state index is 0.0207. The summed E-state index contributed by atoms with van der Waals surface area (Å²) in [5.41, 5.74) is 0.702. The molecule has 1 atom stereocenters. The molecule has 0 aliphatic rings. The van der Waals surface area contributed by atoms with E-state index in [1.807, 2.05) is 19.9 Å². The average Bonchev–Trinajstić information content (AvgIpc) is 2.74. The molecule has 1 N–H and O–H groups in total. The first-order valence-electron chi connectivity index (χ1n) is 6.80. The minimum atomic E-state index is -0.372. The highest BCUT2D eigenvalue weighted by Gasteiger charge is 2.16. The van der Waals surface area contributed by atoms with E-state index < -0.39 is 0 Å². The van der Waals surface area contributed by atoms with Crippen LogP contribution in [-0.2, 0) is 14.3 Å². The Morgan fingerprint density at radius 3 is 2.48 bits per heavy atom. The smallest absolute Gasteiger partial charge is 0.307 e. The molecule has 0 aliphatic heterocycles. The molecule has 0 bridgehead atoms. The molecule has 1 aromatic heterocycles. The van der Waals surface area contributed by atoms with E-state index in [1.54, 1.807) is 18.3 Å². The van der Waals surface area contributed by atoms with Crippen LogP contribution in [0.25, 0.3) is 0 Å². The van der Waals surface area contributed by atoms with Gasteiger partial charge in [-0.15, -0.1) is 11.3 Å². The quantitative estimate of drug-likeness (QED) is 0.620. The van der Waals surface area contributed by atoms with Crippen LogP contribution in [0.3, 0.4) is 0 Å². The number of Topliss-reactive ketones (excluding diaryl/α,β-unsaturated/α-hetero) is 1. The molecule has 0 saturated carbocycles. The number of ether oxygens (including phenoxy) is 1. The first-order valence-corrected chi connectivity index (χ1v) is 7.61. The molecule has 0 unspecified atom stereocenters. The van der Waals surface area contributed by atoms with Crippen LogP contribution in [-0.4, -0.2) is 30.8 Å². The van der Waals surface area contributed by atoms with E-state index in [9.17, 15) is 14.4 Å². The molecule has 0 spiro atoms. The lowest BCUT2D eigenvalue weighted by Gasteiger charge is -2.12. The highest BCUT2D eigenvalue weighted by Crippen LogP contribution is 2.22. The van der Waals surface area contributed by atoms with Gasteiger partial charge >= 0.3 is 5.97 Å². The maximum Gasteiger partial charge on any atom is 0.307 e. The number of carbonyl (C=O) groups is 3. The topological polar surface area (TPSA) is 72.5 Å². The van der Waals surface area contributed by atoms with Crippen molar-refractivity contribution in [3.63, 3.8) is 0 Å². The molecule has 0 radical (unpaired) electrons. The standard InChI is InChI=1S/C15H21NO4S/c1-9(7-15(19)20-4)16-14(18)6-5-13(17)12-8-10(2)21-11(12)3/h8-9H,5-7H2,1-4H3,(H,16,18)/t9-/m0/s1. The van der Waals surface area contributed by atoms with E-state index in [2.05, 4.69) is 10.1 Å². The summed E-state index contributed by atoms with van der Waals surface area (Å²) in [6, 6.07) is 1.56. The summed E-state index contributed by atoms with van der Waals surface area (Å²) in [5.74, 6) is -0.625. The summed E-state index contributed by atoms with van der Waals surface area (Å²) in [4.78, 5) is 36.9. The molecule has 6 heteroatoms. The van der Waals surface area contributed by atoms with E-state index in [0.717, 1.165) is 9.75 Å². The van der Waals surface area contributed by atoms with Crippen molar-refractivity contribution in [1.29, 1.82) is 0 Å². The average molecular weight is 311 g/mol. The monoisotopic (exact) mass is 311 g/mol. The zero-order chi connectivity index (χ0) is 16.0. The Morgan fingerprint density at radius 1 is 1.29 bits per heavy atom. The molecular formula is C15H21NO4S. The lowest BCUT2D eigenvalue weighted by atomic mass is 10.1. The van der Waals surface area contributed by atoms with Crippen LogP contribution >= 0.6 is 11.3 Å². The number of methoxy groups -OCH3 is 1. The fraction of sp³-hybridized carbons (Fsp3) is 0.533. The molecule has 1 amide bonds. The summed E-state index contributed by atoms with van der Waals surface area (Å²) in [6.07, 6.45) is 0.422. The maximum atomic E-state index is 12.0. The highest BCUT2D eigenvalue weighted by atomic mass is 32.1.